The first-order valence-electron chi connectivity index (χ1n) is 41.6. The van der Waals surface area contributed by atoms with E-state index in [9.17, 15) is 24.0 Å². The number of aliphatic carboxylic acids is 1. The molecule has 1 amide bonds. The van der Waals surface area contributed by atoms with Gasteiger partial charge < -0.3 is 55.5 Å². The van der Waals surface area contributed by atoms with Gasteiger partial charge in [-0.05, 0) is 237 Å². The van der Waals surface area contributed by atoms with Crippen LogP contribution in [0.3, 0.4) is 0 Å². The van der Waals surface area contributed by atoms with Crippen LogP contribution in [-0.2, 0) is 48.1 Å². The SMILES string of the molecule is COc1ccc2c(c1)CCC(N)C2Cc1cccnc1.COc1ccc2c(c1)CCC(NC(=O)CN1CCC(n3c(=O)[nH]c4ccccc43)CC1)[C@H]2Cc1cccnc1.COc1ccc2c(c1)CCC(NCCN1CCC(n3c(=O)[nH]c4ccccc43)CC1)C2Cc1cccnc1.Cl.Cl.Cl.Cl.Cl.Cl.O=C(O)CN1CCC(n2c(=O)[nH]c3ccccc32)CC1. The number of carbonyl (C=O) groups is 2. The summed E-state index contributed by atoms with van der Waals surface area (Å²) in [7, 11) is 5.15. The van der Waals surface area contributed by atoms with Gasteiger partial charge in [0.05, 0.1) is 67.5 Å². The minimum absolute atomic E-state index is 0. The molecule has 9 heterocycles. The summed E-state index contributed by atoms with van der Waals surface area (Å²) in [5, 5.41) is 16.1. The van der Waals surface area contributed by atoms with E-state index in [1.54, 1.807) is 27.5 Å². The number of hydrogen-bond donors (Lipinski definition) is 7. The number of nitrogens with two attached hydrogens (primary N) is 1. The van der Waals surface area contributed by atoms with Crippen LogP contribution in [0.1, 0.15) is 144 Å². The Bertz CT molecular complexity index is 5520. The van der Waals surface area contributed by atoms with E-state index in [-0.39, 0.29) is 140 Å². The number of amides is 1. The minimum atomic E-state index is -0.798. The molecule has 6 atom stereocenters. The van der Waals surface area contributed by atoms with Gasteiger partial charge in [0, 0.05) is 144 Å². The molecule has 6 aliphatic rings. The molecular weight excluding hydrogens is 1680 g/mol. The molecule has 3 aliphatic carbocycles. The third-order valence-electron chi connectivity index (χ3n) is 25.0. The summed E-state index contributed by atoms with van der Waals surface area (Å²) in [5.74, 6) is 2.96. The fourth-order valence-electron chi connectivity index (χ4n) is 19.0. The molecule has 3 saturated heterocycles. The second-order valence-electron chi connectivity index (χ2n) is 32.2. The Kier molecular flexibility index (Phi) is 36.7. The number of pyridine rings is 3. The van der Waals surface area contributed by atoms with Gasteiger partial charge in [-0.2, -0.15) is 0 Å². The molecule has 658 valence electrons. The number of aromatic amines is 3. The second-order valence-corrected chi connectivity index (χ2v) is 32.2. The van der Waals surface area contributed by atoms with E-state index in [0.29, 0.717) is 37.5 Å². The summed E-state index contributed by atoms with van der Waals surface area (Å²) >= 11 is 0. The van der Waals surface area contributed by atoms with E-state index in [1.807, 2.05) is 153 Å². The highest BCUT2D eigenvalue weighted by Crippen LogP contribution is 2.40. The van der Waals surface area contributed by atoms with Gasteiger partial charge in [-0.1, -0.05) is 72.8 Å². The van der Waals surface area contributed by atoms with Crippen molar-refractivity contribution in [2.75, 3.05) is 86.8 Å². The standard InChI is InChI=1S/C31H35N5O3.C31H37N5O2.C17H20N2O.C14H17N3O3.6ClH/c1-39-24-9-10-25-22(18-24)8-11-27(26(25)17-21-5-4-14-32-19-21)33-30(37)20-35-15-12-23(13-16-35)36-29-7-3-2-6-28(29)34-31(36)38;1-38-25-9-10-26-23(20-25)8-11-28(27(26)19-22-5-4-14-32-21-22)33-15-18-35-16-12-24(13-17-35)36-30-7-3-2-6-29(30)34-31(36)37;1-20-14-5-6-15-13(10-14)4-7-17(18)16(15)9-12-3-2-8-19-11-12;18-13(19)9-16-7-5-10(6-8-16)17-12-4-2-1-3-11(12)15-14(17)20;;;;;;/h2-7,9-10,14,18-19,23,26-27H,8,11-13,15-17,20H2,1H3,(H,33,37)(H,34,38);2-7,9-10,14,20-21,24,27-28,33H,8,11-13,15-19H2,1H3,(H,34,37);2-3,5-6,8,10-11,16-17H,4,7,9,18H2,1H3;1-4,10H,5-9H2,(H,15,20)(H,18,19);6*1H/t26-,27?;;;;;;;;;/m0........./s1. The van der Waals surface area contributed by atoms with E-state index in [1.165, 1.54) is 50.1 Å². The van der Waals surface area contributed by atoms with Gasteiger partial charge in [0.15, 0.2) is 0 Å². The summed E-state index contributed by atoms with van der Waals surface area (Å²) in [5.41, 5.74) is 23.6. The molecular formula is C93H115Cl6N15O9. The van der Waals surface area contributed by atoms with Crippen LogP contribution < -0.4 is 47.6 Å². The predicted octanol–water partition coefficient (Wildman–Crippen LogP) is 14.4. The molecule has 0 spiro atoms. The highest BCUT2D eigenvalue weighted by Gasteiger charge is 2.35. The number of halogens is 6. The number of benzene rings is 6. The summed E-state index contributed by atoms with van der Waals surface area (Å²) in [4.78, 5) is 89.7. The normalized spacial score (nSPS) is 19.0. The Labute approximate surface area is 754 Å². The number of nitrogens with zero attached hydrogens (tertiary/aromatic N) is 9. The summed E-state index contributed by atoms with van der Waals surface area (Å²) in [6, 6.07) is 56.4. The molecule has 30 heteroatoms. The molecule has 0 radical (unpaired) electrons. The number of carboxylic acid groups (broad SMARTS) is 1. The van der Waals surface area contributed by atoms with E-state index >= 15 is 0 Å². The van der Waals surface area contributed by atoms with Crippen LogP contribution in [0.4, 0.5) is 0 Å². The molecule has 6 aromatic heterocycles. The van der Waals surface area contributed by atoms with Crippen molar-refractivity contribution in [3.63, 3.8) is 0 Å². The van der Waals surface area contributed by atoms with Crippen molar-refractivity contribution in [3.8, 4) is 17.2 Å². The van der Waals surface area contributed by atoms with Gasteiger partial charge in [0.25, 0.3) is 0 Å². The van der Waals surface area contributed by atoms with Crippen LogP contribution in [0.2, 0.25) is 0 Å². The zero-order valence-electron chi connectivity index (χ0n) is 69.7. The van der Waals surface area contributed by atoms with Gasteiger partial charge in [-0.3, -0.25) is 48.0 Å². The Balaban J connectivity index is 0.000000191. The highest BCUT2D eigenvalue weighted by atomic mass is 35.5. The van der Waals surface area contributed by atoms with Crippen LogP contribution in [0.15, 0.2) is 215 Å². The molecule has 0 saturated carbocycles. The van der Waals surface area contributed by atoms with Crippen LogP contribution >= 0.6 is 74.4 Å². The zero-order valence-corrected chi connectivity index (χ0v) is 74.6. The molecule has 18 rings (SSSR count). The molecule has 123 heavy (non-hydrogen) atoms. The van der Waals surface area contributed by atoms with Crippen molar-refractivity contribution in [1.29, 1.82) is 0 Å². The van der Waals surface area contributed by atoms with Crippen molar-refractivity contribution >= 4 is 119 Å². The number of ether oxygens (including phenoxy) is 3. The van der Waals surface area contributed by atoms with Crippen LogP contribution in [0.25, 0.3) is 33.1 Å². The van der Waals surface area contributed by atoms with E-state index in [4.69, 9.17) is 25.1 Å². The molecule has 12 aromatic rings. The highest BCUT2D eigenvalue weighted by molar-refractivity contribution is 5.86. The van der Waals surface area contributed by atoms with Gasteiger partial charge in [0.2, 0.25) is 5.91 Å². The fraction of sp³-hybridized carbons (Fsp3) is 0.398. The minimum Gasteiger partial charge on any atom is -0.497 e. The molecule has 3 fully saturated rings. The lowest BCUT2D eigenvalue weighted by Gasteiger charge is -2.36. The maximum absolute atomic E-state index is 13.3. The molecule has 5 unspecified atom stereocenters. The smallest absolute Gasteiger partial charge is 0.326 e. The number of para-hydroxylation sites is 6. The van der Waals surface area contributed by atoms with Crippen molar-refractivity contribution in [1.82, 2.24) is 68.9 Å². The van der Waals surface area contributed by atoms with Crippen LogP contribution in [0.5, 0.6) is 17.2 Å². The largest absolute Gasteiger partial charge is 0.497 e. The monoisotopic (exact) mass is 1800 g/mol. The van der Waals surface area contributed by atoms with Crippen molar-refractivity contribution in [3.05, 3.63) is 282 Å². The lowest BCUT2D eigenvalue weighted by atomic mass is 9.76. The number of imidazole rings is 3. The van der Waals surface area contributed by atoms with Crippen LogP contribution in [-0.4, -0.2) is 180 Å². The lowest BCUT2D eigenvalue weighted by molar-refractivity contribution is -0.138. The Morgan fingerprint density at radius 1 is 0.431 bits per heavy atom. The maximum Gasteiger partial charge on any atom is 0.326 e. The summed E-state index contributed by atoms with van der Waals surface area (Å²) in [6.45, 7) is 7.49. The van der Waals surface area contributed by atoms with Crippen LogP contribution in [0, 0.1) is 0 Å². The number of hydrogen-bond acceptors (Lipinski definition) is 16. The number of carboxylic acids is 1. The number of likely N-dealkylation sites (tertiary alicyclic amines) is 3. The number of H-pyrrole nitrogens is 3. The number of carbonyl (C=O) groups excluding carboxylic acids is 1. The Morgan fingerprint density at radius 2 is 0.780 bits per heavy atom. The number of nitrogens with one attached hydrogen (secondary N) is 5. The van der Waals surface area contributed by atoms with Crippen molar-refractivity contribution < 1.29 is 28.9 Å². The van der Waals surface area contributed by atoms with Crippen molar-refractivity contribution in [2.45, 2.75) is 150 Å². The summed E-state index contributed by atoms with van der Waals surface area (Å²) < 4.78 is 22.0. The fourth-order valence-corrected chi connectivity index (χ4v) is 19.0. The molecule has 3 aliphatic heterocycles. The average molecular weight is 1800 g/mol. The Hall–Kier alpha value is -9.54. The van der Waals surface area contributed by atoms with Gasteiger partial charge in [-0.25, -0.2) is 14.4 Å². The molecule has 6 aromatic carbocycles. The number of methoxy groups -OCH3 is 3. The molecule has 0 bridgehead atoms. The summed E-state index contributed by atoms with van der Waals surface area (Å²) in [6.07, 6.45) is 25.4. The Morgan fingerprint density at radius 3 is 1.16 bits per heavy atom. The van der Waals surface area contributed by atoms with E-state index < -0.39 is 5.97 Å². The van der Waals surface area contributed by atoms with E-state index in [0.717, 1.165) is 186 Å². The number of aryl methyl sites for hydroxylation is 3. The molecule has 24 nitrogen and oxygen atoms in total. The first-order chi connectivity index (χ1) is 57.2. The maximum atomic E-state index is 13.3. The van der Waals surface area contributed by atoms with Gasteiger partial charge in [-0.15, -0.1) is 74.4 Å². The van der Waals surface area contributed by atoms with Gasteiger partial charge in [0.1, 0.15) is 17.2 Å². The topological polar surface area (TPSA) is 294 Å². The van der Waals surface area contributed by atoms with Gasteiger partial charge >= 0.3 is 23.0 Å². The third kappa shape index (κ3) is 23.9. The quantitative estimate of drug-likeness (QED) is 0.0352. The molecule has 8 N–H and O–H groups in total. The van der Waals surface area contributed by atoms with E-state index in [2.05, 4.69) is 111 Å². The second kappa shape index (κ2) is 46.4. The first-order valence-corrected chi connectivity index (χ1v) is 41.6. The predicted molar refractivity (Wildman–Crippen MR) is 501 cm³/mol. The lowest BCUT2D eigenvalue weighted by Crippen LogP contribution is -2.48. The number of rotatable bonds is 21. The zero-order chi connectivity index (χ0) is 80.7. The number of fused-ring (bicyclic) bond motifs is 6. The number of piperidine rings is 3. The number of aromatic nitrogens is 9. The van der Waals surface area contributed by atoms with Crippen molar-refractivity contribution in [2.24, 2.45) is 5.73 Å². The third-order valence-corrected chi connectivity index (χ3v) is 25.0. The first kappa shape index (κ1) is 97.3. The average Bonchev–Trinajstić information content (AvgIpc) is 1.35.